The third-order valence-electron chi connectivity index (χ3n) is 4.14. The van der Waals surface area contributed by atoms with E-state index in [1.807, 2.05) is 25.1 Å². The van der Waals surface area contributed by atoms with Crippen LogP contribution in [-0.4, -0.2) is 18.9 Å². The van der Waals surface area contributed by atoms with Crippen LogP contribution in [-0.2, 0) is 6.42 Å². The molecular weight excluding hydrogens is 260 g/mol. The first kappa shape index (κ1) is 13.7. The Bertz CT molecular complexity index is 679. The molecule has 0 atom stereocenters. The lowest BCUT2D eigenvalue weighted by atomic mass is 10.0. The lowest BCUT2D eigenvalue weighted by Gasteiger charge is -2.30. The number of rotatable bonds is 3. The highest BCUT2D eigenvalue weighted by Gasteiger charge is 2.19. The largest absolute Gasteiger partial charge is 0.398 e. The number of nitrogen functional groups attached to an aromatic ring is 1. The Morgan fingerprint density at radius 1 is 1.24 bits per heavy atom. The van der Waals surface area contributed by atoms with Crippen molar-refractivity contribution in [3.63, 3.8) is 0 Å². The number of Topliss-reactive ketones (excluding diaryl/α,β-unsaturated/α-hetero) is 1. The zero-order valence-corrected chi connectivity index (χ0v) is 12.3. The SMILES string of the molecule is Cc1ccc(C(=O)CN2CCCc3ccccc32)cc1N. The molecule has 1 heterocycles. The summed E-state index contributed by atoms with van der Waals surface area (Å²) >= 11 is 0. The molecule has 108 valence electrons. The van der Waals surface area contributed by atoms with E-state index in [4.69, 9.17) is 5.73 Å². The van der Waals surface area contributed by atoms with Crippen LogP contribution >= 0.6 is 0 Å². The molecule has 0 amide bonds. The minimum Gasteiger partial charge on any atom is -0.398 e. The van der Waals surface area contributed by atoms with Gasteiger partial charge in [0.05, 0.1) is 6.54 Å². The molecule has 3 nitrogen and oxygen atoms in total. The van der Waals surface area contributed by atoms with Crippen LogP contribution < -0.4 is 10.6 Å². The van der Waals surface area contributed by atoms with Crippen LogP contribution in [0.4, 0.5) is 11.4 Å². The zero-order valence-electron chi connectivity index (χ0n) is 12.3. The van der Waals surface area contributed by atoms with Gasteiger partial charge in [0, 0.05) is 23.5 Å². The molecule has 2 aromatic rings. The molecular formula is C18H20N2O. The highest BCUT2D eigenvalue weighted by Crippen LogP contribution is 2.26. The van der Waals surface area contributed by atoms with Crippen LogP contribution in [0.5, 0.6) is 0 Å². The smallest absolute Gasteiger partial charge is 0.182 e. The summed E-state index contributed by atoms with van der Waals surface area (Å²) < 4.78 is 0. The lowest BCUT2D eigenvalue weighted by Crippen LogP contribution is -2.34. The normalized spacial score (nSPS) is 13.9. The van der Waals surface area contributed by atoms with Crippen LogP contribution in [0.25, 0.3) is 0 Å². The van der Waals surface area contributed by atoms with Crippen LogP contribution in [0.1, 0.15) is 27.9 Å². The molecule has 1 aliphatic rings. The van der Waals surface area contributed by atoms with Gasteiger partial charge in [-0.3, -0.25) is 4.79 Å². The Kier molecular flexibility index (Phi) is 3.65. The first-order chi connectivity index (χ1) is 10.1. The van der Waals surface area contributed by atoms with Crippen molar-refractivity contribution in [1.29, 1.82) is 0 Å². The highest BCUT2D eigenvalue weighted by molar-refractivity contribution is 6.00. The first-order valence-corrected chi connectivity index (χ1v) is 7.37. The van der Waals surface area contributed by atoms with Gasteiger partial charge in [-0.1, -0.05) is 30.3 Å². The summed E-state index contributed by atoms with van der Waals surface area (Å²) in [5, 5.41) is 0. The number of fused-ring (bicyclic) bond motifs is 1. The van der Waals surface area contributed by atoms with Gasteiger partial charge in [-0.2, -0.15) is 0 Å². The predicted molar refractivity (Wildman–Crippen MR) is 86.9 cm³/mol. The van der Waals surface area contributed by atoms with Gasteiger partial charge in [-0.05, 0) is 43.0 Å². The van der Waals surface area contributed by atoms with E-state index < -0.39 is 0 Å². The van der Waals surface area contributed by atoms with Crippen molar-refractivity contribution >= 4 is 17.2 Å². The third-order valence-corrected chi connectivity index (χ3v) is 4.14. The van der Waals surface area contributed by atoms with Crippen molar-refractivity contribution < 1.29 is 4.79 Å². The second-order valence-corrected chi connectivity index (χ2v) is 5.65. The fourth-order valence-electron chi connectivity index (χ4n) is 2.85. The van der Waals surface area contributed by atoms with E-state index in [9.17, 15) is 4.79 Å². The van der Waals surface area contributed by atoms with Crippen LogP contribution in [0.15, 0.2) is 42.5 Å². The Hall–Kier alpha value is -2.29. The van der Waals surface area contributed by atoms with Gasteiger partial charge in [0.15, 0.2) is 5.78 Å². The van der Waals surface area contributed by atoms with Crippen molar-refractivity contribution in [1.82, 2.24) is 0 Å². The Morgan fingerprint density at radius 2 is 2.05 bits per heavy atom. The Balaban J connectivity index is 1.81. The number of benzene rings is 2. The van der Waals surface area contributed by atoms with E-state index in [0.29, 0.717) is 17.8 Å². The van der Waals surface area contributed by atoms with Gasteiger partial charge in [0.1, 0.15) is 0 Å². The van der Waals surface area contributed by atoms with Crippen molar-refractivity contribution in [3.05, 3.63) is 59.2 Å². The predicted octanol–water partition coefficient (Wildman–Crippen LogP) is 3.21. The van der Waals surface area contributed by atoms with E-state index in [1.54, 1.807) is 6.07 Å². The molecule has 0 fully saturated rings. The maximum absolute atomic E-state index is 12.5. The van der Waals surface area contributed by atoms with E-state index >= 15 is 0 Å². The summed E-state index contributed by atoms with van der Waals surface area (Å²) in [6, 6.07) is 13.9. The number of aryl methyl sites for hydroxylation is 2. The van der Waals surface area contributed by atoms with Crippen LogP contribution in [0.2, 0.25) is 0 Å². The topological polar surface area (TPSA) is 46.3 Å². The number of nitrogens with two attached hydrogens (primary N) is 1. The van der Waals surface area contributed by atoms with Gasteiger partial charge in [0.2, 0.25) is 0 Å². The number of ketones is 1. The minimum atomic E-state index is 0.124. The fourth-order valence-corrected chi connectivity index (χ4v) is 2.85. The van der Waals surface area contributed by atoms with E-state index in [2.05, 4.69) is 23.1 Å². The van der Waals surface area contributed by atoms with E-state index in [0.717, 1.165) is 24.9 Å². The molecule has 2 aromatic carbocycles. The number of hydrogen-bond acceptors (Lipinski definition) is 3. The Labute approximate surface area is 125 Å². The molecule has 0 spiro atoms. The molecule has 1 aliphatic heterocycles. The third kappa shape index (κ3) is 2.77. The van der Waals surface area contributed by atoms with Crippen LogP contribution in [0.3, 0.4) is 0 Å². The standard InChI is InChI=1S/C18H20N2O/c1-13-8-9-15(11-16(13)19)18(21)12-20-10-4-6-14-5-2-3-7-17(14)20/h2-3,5,7-9,11H,4,6,10,12,19H2,1H3. The van der Waals surface area contributed by atoms with Crippen LogP contribution in [0, 0.1) is 6.92 Å². The molecule has 0 aliphatic carbocycles. The van der Waals surface area contributed by atoms with Gasteiger partial charge in [0.25, 0.3) is 0 Å². The number of nitrogens with zero attached hydrogens (tertiary/aromatic N) is 1. The monoisotopic (exact) mass is 280 g/mol. The molecule has 21 heavy (non-hydrogen) atoms. The number of hydrogen-bond donors (Lipinski definition) is 1. The van der Waals surface area contributed by atoms with Gasteiger partial charge in [-0.25, -0.2) is 0 Å². The van der Waals surface area contributed by atoms with Gasteiger partial charge >= 0.3 is 0 Å². The summed E-state index contributed by atoms with van der Waals surface area (Å²) in [7, 11) is 0. The second-order valence-electron chi connectivity index (χ2n) is 5.65. The van der Waals surface area contributed by atoms with Crippen molar-refractivity contribution in [3.8, 4) is 0 Å². The molecule has 0 saturated heterocycles. The number of para-hydroxylation sites is 1. The molecule has 0 bridgehead atoms. The highest BCUT2D eigenvalue weighted by atomic mass is 16.1. The zero-order chi connectivity index (χ0) is 14.8. The van der Waals surface area contributed by atoms with Gasteiger partial charge in [-0.15, -0.1) is 0 Å². The minimum absolute atomic E-state index is 0.124. The molecule has 2 N–H and O–H groups in total. The maximum Gasteiger partial charge on any atom is 0.182 e. The number of carbonyl (C=O) groups excluding carboxylic acids is 1. The van der Waals surface area contributed by atoms with Crippen molar-refractivity contribution in [2.75, 3.05) is 23.7 Å². The summed E-state index contributed by atoms with van der Waals surface area (Å²) in [6.07, 6.45) is 2.19. The second kappa shape index (κ2) is 5.60. The number of carbonyl (C=O) groups is 1. The average molecular weight is 280 g/mol. The summed E-state index contributed by atoms with van der Waals surface area (Å²) in [5.74, 6) is 0.124. The van der Waals surface area contributed by atoms with E-state index in [-0.39, 0.29) is 5.78 Å². The summed E-state index contributed by atoms with van der Waals surface area (Å²) in [5.41, 5.74) is 10.8. The molecule has 0 radical (unpaired) electrons. The van der Waals surface area contributed by atoms with E-state index in [1.165, 1.54) is 11.3 Å². The Morgan fingerprint density at radius 3 is 2.86 bits per heavy atom. The lowest BCUT2D eigenvalue weighted by molar-refractivity contribution is 0.0998. The van der Waals surface area contributed by atoms with Crippen molar-refractivity contribution in [2.45, 2.75) is 19.8 Å². The van der Waals surface area contributed by atoms with Gasteiger partial charge < -0.3 is 10.6 Å². The average Bonchev–Trinajstić information content (AvgIpc) is 2.50. The molecule has 3 heteroatoms. The molecule has 0 aromatic heterocycles. The molecule has 3 rings (SSSR count). The summed E-state index contributed by atoms with van der Waals surface area (Å²) in [6.45, 7) is 3.30. The fraction of sp³-hybridized carbons (Fsp3) is 0.278. The quantitative estimate of drug-likeness (QED) is 0.693. The summed E-state index contributed by atoms with van der Waals surface area (Å²) in [4.78, 5) is 14.7. The molecule has 0 unspecified atom stereocenters. The maximum atomic E-state index is 12.5. The number of anilines is 2. The molecule has 0 saturated carbocycles. The first-order valence-electron chi connectivity index (χ1n) is 7.37. The van der Waals surface area contributed by atoms with Crippen molar-refractivity contribution in [2.24, 2.45) is 0 Å².